The van der Waals surface area contributed by atoms with Gasteiger partial charge in [0.2, 0.25) is 10.0 Å². The topological polar surface area (TPSA) is 80.3 Å². The molecule has 22 heavy (non-hydrogen) atoms. The van der Waals surface area contributed by atoms with Gasteiger partial charge in [-0.15, -0.1) is 0 Å². The first-order valence-corrected chi connectivity index (χ1v) is 9.98. The largest absolute Gasteiger partial charge is 0.240 e. The summed E-state index contributed by atoms with van der Waals surface area (Å²) < 4.78 is 49.9. The highest BCUT2D eigenvalue weighted by molar-refractivity contribution is 7.91. The molecule has 0 unspecified atom stereocenters. The van der Waals surface area contributed by atoms with Gasteiger partial charge in [0.15, 0.2) is 9.84 Å². The Morgan fingerprint density at radius 2 is 1.55 bits per heavy atom. The van der Waals surface area contributed by atoms with Crippen molar-refractivity contribution in [1.29, 1.82) is 0 Å². The summed E-state index contributed by atoms with van der Waals surface area (Å²) in [4.78, 5) is -0.133. The lowest BCUT2D eigenvalue weighted by molar-refractivity contribution is 0.581. The molecule has 0 spiro atoms. The van der Waals surface area contributed by atoms with Crippen molar-refractivity contribution in [3.63, 3.8) is 0 Å². The van der Waals surface area contributed by atoms with Crippen LogP contribution >= 0.6 is 11.6 Å². The van der Waals surface area contributed by atoms with Crippen LogP contribution in [-0.4, -0.2) is 23.1 Å². The predicted molar refractivity (Wildman–Crippen MR) is 85.0 cm³/mol. The summed E-state index contributed by atoms with van der Waals surface area (Å²) in [5.74, 6) is 0. The van der Waals surface area contributed by atoms with Crippen LogP contribution in [0.5, 0.6) is 0 Å². The Labute approximate surface area is 134 Å². The maximum absolute atomic E-state index is 12.2. The third-order valence-electron chi connectivity index (χ3n) is 2.92. The number of rotatable bonds is 5. The van der Waals surface area contributed by atoms with Crippen LogP contribution < -0.4 is 4.72 Å². The van der Waals surface area contributed by atoms with Crippen LogP contribution in [-0.2, 0) is 26.4 Å². The molecule has 2 aromatic carbocycles. The molecule has 0 bridgehead atoms. The summed E-state index contributed by atoms with van der Waals surface area (Å²) in [6.07, 6.45) is 1.03. The van der Waals surface area contributed by atoms with Gasteiger partial charge in [0, 0.05) is 17.8 Å². The molecule has 0 fully saturated rings. The molecule has 0 saturated heterocycles. The standard InChI is InChI=1S/C14H14ClNO4S2/c1-21(17,18)13-3-2-4-14(9-13)22(19,20)16-10-11-5-7-12(15)8-6-11/h2-9,16H,10H2,1H3. The molecule has 5 nitrogen and oxygen atoms in total. The molecular formula is C14H14ClNO4S2. The molecule has 8 heteroatoms. The van der Waals surface area contributed by atoms with Crippen molar-refractivity contribution in [2.75, 3.05) is 6.26 Å². The zero-order valence-electron chi connectivity index (χ0n) is 11.7. The third-order valence-corrected chi connectivity index (χ3v) is 5.68. The fourth-order valence-electron chi connectivity index (χ4n) is 1.74. The molecule has 2 rings (SSSR count). The Bertz CT molecular complexity index is 875. The van der Waals surface area contributed by atoms with Crippen LogP contribution in [0.15, 0.2) is 58.3 Å². The molecule has 0 heterocycles. The van der Waals surface area contributed by atoms with E-state index in [1.54, 1.807) is 24.3 Å². The van der Waals surface area contributed by atoms with Crippen molar-refractivity contribution in [3.05, 3.63) is 59.1 Å². The van der Waals surface area contributed by atoms with Crippen molar-refractivity contribution in [2.24, 2.45) is 0 Å². The first kappa shape index (κ1) is 17.0. The van der Waals surface area contributed by atoms with Crippen molar-refractivity contribution in [2.45, 2.75) is 16.3 Å². The average Bonchev–Trinajstić information content (AvgIpc) is 2.46. The summed E-state index contributed by atoms with van der Waals surface area (Å²) in [5, 5.41) is 0.562. The van der Waals surface area contributed by atoms with Crippen LogP contribution in [0.2, 0.25) is 5.02 Å². The zero-order valence-corrected chi connectivity index (χ0v) is 14.0. The Morgan fingerprint density at radius 3 is 2.14 bits per heavy atom. The molecule has 0 aliphatic heterocycles. The monoisotopic (exact) mass is 359 g/mol. The number of hydrogen-bond donors (Lipinski definition) is 1. The third kappa shape index (κ3) is 4.30. The van der Waals surface area contributed by atoms with Gasteiger partial charge in [0.25, 0.3) is 0 Å². The molecular weight excluding hydrogens is 346 g/mol. The van der Waals surface area contributed by atoms with Crippen LogP contribution in [0.4, 0.5) is 0 Å². The van der Waals surface area contributed by atoms with E-state index >= 15 is 0 Å². The van der Waals surface area contributed by atoms with Gasteiger partial charge >= 0.3 is 0 Å². The fourth-order valence-corrected chi connectivity index (χ4v) is 3.67. The van der Waals surface area contributed by atoms with Crippen LogP contribution in [0.25, 0.3) is 0 Å². The lowest BCUT2D eigenvalue weighted by Gasteiger charge is -2.08. The van der Waals surface area contributed by atoms with Gasteiger partial charge in [-0.2, -0.15) is 0 Å². The molecule has 1 N–H and O–H groups in total. The van der Waals surface area contributed by atoms with Gasteiger partial charge in [-0.05, 0) is 35.9 Å². The molecule has 0 aromatic heterocycles. The summed E-state index contributed by atoms with van der Waals surface area (Å²) >= 11 is 5.76. The van der Waals surface area contributed by atoms with Crippen molar-refractivity contribution in [1.82, 2.24) is 4.72 Å². The van der Waals surface area contributed by atoms with E-state index in [0.717, 1.165) is 17.9 Å². The quantitative estimate of drug-likeness (QED) is 0.887. The summed E-state index contributed by atoms with van der Waals surface area (Å²) in [6.45, 7) is 0.0859. The first-order chi connectivity index (χ1) is 10.2. The van der Waals surface area contributed by atoms with Crippen LogP contribution in [0, 0.1) is 0 Å². The van der Waals surface area contributed by atoms with Crippen molar-refractivity contribution < 1.29 is 16.8 Å². The van der Waals surface area contributed by atoms with Gasteiger partial charge < -0.3 is 0 Å². The van der Waals surface area contributed by atoms with E-state index in [1.807, 2.05) is 0 Å². The minimum atomic E-state index is -3.80. The lowest BCUT2D eigenvalue weighted by atomic mass is 10.2. The second kappa shape index (κ2) is 6.37. The van der Waals surface area contributed by atoms with E-state index in [0.29, 0.717) is 5.02 Å². The van der Waals surface area contributed by atoms with E-state index < -0.39 is 19.9 Å². The predicted octanol–water partition coefficient (Wildman–Crippen LogP) is 2.22. The molecule has 0 amide bonds. The summed E-state index contributed by atoms with van der Waals surface area (Å²) in [6, 6.07) is 12.0. The molecule has 0 aliphatic carbocycles. The summed E-state index contributed by atoms with van der Waals surface area (Å²) in [5.41, 5.74) is 0.743. The Balaban J connectivity index is 2.22. The fraction of sp³-hybridized carbons (Fsp3) is 0.143. The smallest absolute Gasteiger partial charge is 0.224 e. The molecule has 118 valence electrons. The van der Waals surface area contributed by atoms with E-state index in [4.69, 9.17) is 11.6 Å². The Hall–Kier alpha value is -1.41. The highest BCUT2D eigenvalue weighted by Crippen LogP contribution is 2.16. The minimum Gasteiger partial charge on any atom is -0.224 e. The highest BCUT2D eigenvalue weighted by atomic mass is 35.5. The van der Waals surface area contributed by atoms with E-state index in [1.165, 1.54) is 18.2 Å². The number of hydrogen-bond acceptors (Lipinski definition) is 4. The first-order valence-electron chi connectivity index (χ1n) is 6.23. The lowest BCUT2D eigenvalue weighted by Crippen LogP contribution is -2.23. The Morgan fingerprint density at radius 1 is 0.955 bits per heavy atom. The molecule has 2 aromatic rings. The molecule has 0 radical (unpaired) electrons. The molecule has 0 atom stereocenters. The second-order valence-electron chi connectivity index (χ2n) is 4.70. The maximum Gasteiger partial charge on any atom is 0.240 e. The normalized spacial score (nSPS) is 12.3. The Kier molecular flexibility index (Phi) is 4.91. The average molecular weight is 360 g/mol. The number of nitrogens with one attached hydrogen (secondary N) is 1. The van der Waals surface area contributed by atoms with Crippen LogP contribution in [0.1, 0.15) is 5.56 Å². The number of sulfonamides is 1. The van der Waals surface area contributed by atoms with Crippen LogP contribution in [0.3, 0.4) is 0 Å². The van der Waals surface area contributed by atoms with Gasteiger partial charge in [0.05, 0.1) is 9.79 Å². The zero-order chi connectivity index (χ0) is 16.4. The molecule has 0 saturated carbocycles. The maximum atomic E-state index is 12.2. The second-order valence-corrected chi connectivity index (χ2v) is 8.92. The van der Waals surface area contributed by atoms with E-state index in [2.05, 4.69) is 4.72 Å². The van der Waals surface area contributed by atoms with Gasteiger partial charge in [0.1, 0.15) is 0 Å². The SMILES string of the molecule is CS(=O)(=O)c1cccc(S(=O)(=O)NCc2ccc(Cl)cc2)c1. The number of benzene rings is 2. The summed E-state index contributed by atoms with van der Waals surface area (Å²) in [7, 11) is -7.26. The van der Waals surface area contributed by atoms with Gasteiger partial charge in [-0.25, -0.2) is 21.6 Å². The van der Waals surface area contributed by atoms with Crippen molar-refractivity contribution >= 4 is 31.5 Å². The molecule has 0 aliphatic rings. The van der Waals surface area contributed by atoms with Crippen molar-refractivity contribution in [3.8, 4) is 0 Å². The van der Waals surface area contributed by atoms with Gasteiger partial charge in [-0.3, -0.25) is 0 Å². The van der Waals surface area contributed by atoms with Gasteiger partial charge in [-0.1, -0.05) is 29.8 Å². The highest BCUT2D eigenvalue weighted by Gasteiger charge is 2.16. The number of halogens is 1. The van der Waals surface area contributed by atoms with E-state index in [9.17, 15) is 16.8 Å². The number of sulfone groups is 1. The van der Waals surface area contributed by atoms with E-state index in [-0.39, 0.29) is 16.3 Å². The minimum absolute atomic E-state index is 0.0399.